The van der Waals surface area contributed by atoms with Gasteiger partial charge in [0, 0.05) is 0 Å². The molecule has 0 saturated heterocycles. The monoisotopic (exact) mass is 1000 g/mol. The fraction of sp³-hybridized carbons (Fsp3) is 0.227. The van der Waals surface area contributed by atoms with Crippen molar-refractivity contribution in [3.63, 3.8) is 0 Å². The van der Waals surface area contributed by atoms with Gasteiger partial charge in [0.1, 0.15) is 0 Å². The Hall–Kier alpha value is -7.32. The summed E-state index contributed by atoms with van der Waals surface area (Å²) in [6.45, 7) is 24.7. The van der Waals surface area contributed by atoms with E-state index >= 15 is 0 Å². The van der Waals surface area contributed by atoms with E-state index in [2.05, 4.69) is 269 Å². The van der Waals surface area contributed by atoms with Crippen LogP contribution in [0.5, 0.6) is 0 Å². The van der Waals surface area contributed by atoms with Crippen molar-refractivity contribution in [3.05, 3.63) is 322 Å². The van der Waals surface area contributed by atoms with E-state index in [1.165, 1.54) is 117 Å². The van der Waals surface area contributed by atoms with Crippen LogP contribution in [0.4, 0.5) is 0 Å². The SMILES string of the molecule is CC1=C(C)C(C)C([Si](c2c(Cc3ccccc3)c(C)cc(C)c2Cc2ccccc2)(c2c(Cc3ccccc3)c(C)cc(C)c2Cc2ccccc2)c2c(Cc3ccccc3)c(C)cc(C)c2Cc2ccccc2)=C1C. The summed E-state index contributed by atoms with van der Waals surface area (Å²) in [6.07, 6.45) is 5.03. The number of hydrogen-bond donors (Lipinski definition) is 0. The highest BCUT2D eigenvalue weighted by atomic mass is 28.3. The number of benzene rings is 9. The van der Waals surface area contributed by atoms with Crippen LogP contribution in [0.25, 0.3) is 0 Å². The lowest BCUT2D eigenvalue weighted by molar-refractivity contribution is 0.850. The first-order valence-corrected chi connectivity index (χ1v) is 29.8. The van der Waals surface area contributed by atoms with Crippen molar-refractivity contribution in [2.45, 2.75) is 108 Å². The molecule has 1 heteroatoms. The van der Waals surface area contributed by atoms with E-state index in [1.807, 2.05) is 0 Å². The second-order valence-corrected chi connectivity index (χ2v) is 25.9. The molecule has 1 aliphatic carbocycles. The van der Waals surface area contributed by atoms with Crippen LogP contribution >= 0.6 is 0 Å². The summed E-state index contributed by atoms with van der Waals surface area (Å²) in [5, 5.41) is 6.51. The number of rotatable bonds is 16. The van der Waals surface area contributed by atoms with Crippen LogP contribution in [0.2, 0.25) is 0 Å². The maximum absolute atomic E-state index is 3.74. The smallest absolute Gasteiger partial charge is 0.0636 e. The summed E-state index contributed by atoms with van der Waals surface area (Å²) in [5.41, 5.74) is 29.8. The van der Waals surface area contributed by atoms with E-state index in [0.717, 1.165) is 38.5 Å². The van der Waals surface area contributed by atoms with Crippen molar-refractivity contribution in [3.8, 4) is 0 Å². The van der Waals surface area contributed by atoms with Gasteiger partial charge in [0.25, 0.3) is 0 Å². The largest absolute Gasteiger partial charge is 0.178 e. The highest BCUT2D eigenvalue weighted by molar-refractivity contribution is 7.17. The van der Waals surface area contributed by atoms with Crippen molar-refractivity contribution in [1.82, 2.24) is 0 Å². The zero-order valence-corrected chi connectivity index (χ0v) is 47.9. The molecule has 0 radical (unpaired) electrons. The molecule has 0 spiro atoms. The Morgan fingerprint density at radius 3 is 0.645 bits per heavy atom. The maximum atomic E-state index is 2.59. The molecule has 9 aromatic rings. The van der Waals surface area contributed by atoms with Crippen LogP contribution in [0.15, 0.2) is 222 Å². The van der Waals surface area contributed by atoms with E-state index in [0.29, 0.717) is 0 Å². The lowest BCUT2D eigenvalue weighted by Crippen LogP contribution is -2.74. The summed E-state index contributed by atoms with van der Waals surface area (Å²) in [5.74, 6) is 0.187. The Morgan fingerprint density at radius 1 is 0.276 bits per heavy atom. The Morgan fingerprint density at radius 2 is 0.474 bits per heavy atom. The predicted molar refractivity (Wildman–Crippen MR) is 328 cm³/mol. The Kier molecular flexibility index (Phi) is 15.4. The minimum absolute atomic E-state index is 0.187. The average molecular weight is 1010 g/mol. The first-order valence-electron chi connectivity index (χ1n) is 27.8. The summed E-state index contributed by atoms with van der Waals surface area (Å²) < 4.78 is 0. The third kappa shape index (κ3) is 10.1. The standard InChI is InChI=1S/C75H76Si/c1-50-41-51(2)67(45-61-31-19-12-20-32-61)73(66(50)44-60-29-17-11-18-30-60)76(72-58(9)56(7)57(8)59(72)10,74-68(46-62-33-21-13-22-34-62)52(3)42-53(4)69(74)47-63-35-23-14-24-36-63)75-70(48-64-37-25-15-26-38-64)54(5)43-55(6)71(75)49-65-39-27-16-28-40-65/h11-43,58H,44-49H2,1-10H3. The van der Waals surface area contributed by atoms with Gasteiger partial charge in [-0.05, 0) is 228 Å². The van der Waals surface area contributed by atoms with Crippen molar-refractivity contribution in [2.24, 2.45) is 5.92 Å². The molecule has 0 N–H and O–H groups in total. The first kappa shape index (κ1) is 52.1. The van der Waals surface area contributed by atoms with Crippen molar-refractivity contribution in [2.75, 3.05) is 0 Å². The molecule has 1 atom stereocenters. The molecule has 0 aromatic heterocycles. The molecular formula is C75H76Si. The van der Waals surface area contributed by atoms with Crippen molar-refractivity contribution >= 4 is 23.6 Å². The van der Waals surface area contributed by atoms with Crippen molar-refractivity contribution < 1.29 is 0 Å². The normalized spacial score (nSPS) is 13.7. The molecule has 0 aliphatic heterocycles. The molecule has 0 heterocycles. The highest BCUT2D eigenvalue weighted by Gasteiger charge is 2.55. The van der Waals surface area contributed by atoms with Crippen LogP contribution in [0.1, 0.15) is 128 Å². The van der Waals surface area contributed by atoms with Gasteiger partial charge in [-0.1, -0.05) is 223 Å². The lowest BCUT2D eigenvalue weighted by Gasteiger charge is -2.47. The zero-order valence-electron chi connectivity index (χ0n) is 46.9. The van der Waals surface area contributed by atoms with E-state index < -0.39 is 8.07 Å². The third-order valence-electron chi connectivity index (χ3n) is 17.5. The maximum Gasteiger partial charge on any atom is 0.178 e. The lowest BCUT2D eigenvalue weighted by atomic mass is 9.91. The zero-order chi connectivity index (χ0) is 53.1. The minimum Gasteiger partial charge on any atom is -0.0636 e. The summed E-state index contributed by atoms with van der Waals surface area (Å²) in [7, 11) is -3.74. The highest BCUT2D eigenvalue weighted by Crippen LogP contribution is 2.46. The first-order chi connectivity index (χ1) is 36.8. The minimum atomic E-state index is -3.74. The molecule has 1 aliphatic rings. The van der Waals surface area contributed by atoms with E-state index in [9.17, 15) is 0 Å². The van der Waals surface area contributed by atoms with Gasteiger partial charge >= 0.3 is 0 Å². The predicted octanol–water partition coefficient (Wildman–Crippen LogP) is 16.4. The van der Waals surface area contributed by atoms with Gasteiger partial charge < -0.3 is 0 Å². The molecule has 0 fully saturated rings. The van der Waals surface area contributed by atoms with Crippen LogP contribution in [0, 0.1) is 47.5 Å². The number of aryl methyl sites for hydroxylation is 6. The van der Waals surface area contributed by atoms with Crippen LogP contribution in [-0.4, -0.2) is 8.07 Å². The molecule has 0 bridgehead atoms. The fourth-order valence-electron chi connectivity index (χ4n) is 13.5. The molecule has 0 amide bonds. The van der Waals surface area contributed by atoms with Crippen molar-refractivity contribution in [1.29, 1.82) is 0 Å². The summed E-state index contributed by atoms with van der Waals surface area (Å²) in [4.78, 5) is 0. The molecule has 0 saturated carbocycles. The van der Waals surface area contributed by atoms with E-state index in [1.54, 1.807) is 20.8 Å². The molecule has 380 valence electrons. The molecule has 76 heavy (non-hydrogen) atoms. The Balaban J connectivity index is 1.56. The quantitative estimate of drug-likeness (QED) is 0.0668. The van der Waals surface area contributed by atoms with Crippen LogP contribution < -0.4 is 15.6 Å². The fourth-order valence-corrected chi connectivity index (χ4v) is 21.1. The molecule has 9 aromatic carbocycles. The number of allylic oxidation sites excluding steroid dienone is 4. The topological polar surface area (TPSA) is 0 Å². The van der Waals surface area contributed by atoms with Gasteiger partial charge in [0.05, 0.1) is 0 Å². The van der Waals surface area contributed by atoms with Gasteiger partial charge in [-0.2, -0.15) is 0 Å². The number of hydrogen-bond acceptors (Lipinski definition) is 0. The van der Waals surface area contributed by atoms with E-state index in [-0.39, 0.29) is 5.92 Å². The third-order valence-corrected chi connectivity index (χ3v) is 23.2. The molecule has 10 rings (SSSR count). The van der Waals surface area contributed by atoms with Gasteiger partial charge in [0.15, 0.2) is 8.07 Å². The van der Waals surface area contributed by atoms with Gasteiger partial charge in [-0.15, -0.1) is 0 Å². The van der Waals surface area contributed by atoms with Crippen LogP contribution in [0.3, 0.4) is 0 Å². The van der Waals surface area contributed by atoms with Crippen LogP contribution in [-0.2, 0) is 38.5 Å². The summed E-state index contributed by atoms with van der Waals surface area (Å²) in [6, 6.07) is 76.2. The Bertz CT molecular complexity index is 3040. The van der Waals surface area contributed by atoms with Gasteiger partial charge in [-0.3, -0.25) is 0 Å². The van der Waals surface area contributed by atoms with E-state index in [4.69, 9.17) is 0 Å². The van der Waals surface area contributed by atoms with Gasteiger partial charge in [0.2, 0.25) is 0 Å². The molecular weight excluding hydrogens is 929 g/mol. The second kappa shape index (κ2) is 22.5. The average Bonchev–Trinajstić information content (AvgIpc) is 3.66. The van der Waals surface area contributed by atoms with Gasteiger partial charge in [-0.25, -0.2) is 0 Å². The second-order valence-electron chi connectivity index (χ2n) is 22.3. The molecule has 1 unspecified atom stereocenters. The Labute approximate surface area is 457 Å². The summed E-state index contributed by atoms with van der Waals surface area (Å²) >= 11 is 0. The molecule has 0 nitrogen and oxygen atoms in total.